The lowest BCUT2D eigenvalue weighted by Gasteiger charge is -2.14. The molecule has 0 aliphatic rings. The van der Waals surface area contributed by atoms with Crippen LogP contribution in [-0.4, -0.2) is 27.9 Å². The Bertz CT molecular complexity index is 527. The van der Waals surface area contributed by atoms with Crippen LogP contribution in [0.15, 0.2) is 18.2 Å². The van der Waals surface area contributed by atoms with Gasteiger partial charge in [-0.25, -0.2) is 4.79 Å². The zero-order valence-corrected chi connectivity index (χ0v) is 10.5. The van der Waals surface area contributed by atoms with E-state index in [0.29, 0.717) is 11.1 Å². The second-order valence-corrected chi connectivity index (χ2v) is 4.11. The van der Waals surface area contributed by atoms with Gasteiger partial charge in [0.2, 0.25) is 5.91 Å². The van der Waals surface area contributed by atoms with Crippen LogP contribution in [0.25, 0.3) is 0 Å². The van der Waals surface area contributed by atoms with Gasteiger partial charge in [0.25, 0.3) is 5.69 Å². The van der Waals surface area contributed by atoms with Crippen molar-refractivity contribution < 1.29 is 19.6 Å². The molecule has 0 saturated heterocycles. The molecule has 0 bridgehead atoms. The summed E-state index contributed by atoms with van der Waals surface area (Å²) in [5, 5.41) is 22.1. The first-order valence-electron chi connectivity index (χ1n) is 5.55. The summed E-state index contributed by atoms with van der Waals surface area (Å²) in [4.78, 5) is 32.2. The maximum Gasteiger partial charge on any atom is 0.326 e. The number of benzene rings is 1. The molecule has 1 aromatic rings. The number of rotatable bonds is 5. The number of carboxylic acid groups (broad SMARTS) is 1. The van der Waals surface area contributed by atoms with E-state index >= 15 is 0 Å². The summed E-state index contributed by atoms with van der Waals surface area (Å²) in [6, 6.07) is 3.36. The summed E-state index contributed by atoms with van der Waals surface area (Å²) >= 11 is 0. The lowest BCUT2D eigenvalue weighted by Crippen LogP contribution is -2.41. The number of nitrogens with zero attached hydrogens (tertiary/aromatic N) is 1. The van der Waals surface area contributed by atoms with Gasteiger partial charge in [-0.1, -0.05) is 12.1 Å². The number of carbonyl (C=O) groups excluding carboxylic acids is 1. The second-order valence-electron chi connectivity index (χ2n) is 4.11. The highest BCUT2D eigenvalue weighted by Crippen LogP contribution is 2.22. The lowest BCUT2D eigenvalue weighted by molar-refractivity contribution is -0.385. The third kappa shape index (κ3) is 3.77. The van der Waals surface area contributed by atoms with E-state index in [-0.39, 0.29) is 12.1 Å². The number of nitro groups is 1. The summed E-state index contributed by atoms with van der Waals surface area (Å²) in [6.07, 6.45) is 0.00241. The molecule has 1 aromatic carbocycles. The van der Waals surface area contributed by atoms with E-state index in [1.807, 2.05) is 0 Å². The minimum Gasteiger partial charge on any atom is -0.480 e. The Morgan fingerprint density at radius 2 is 2.11 bits per heavy atom. The molecule has 0 aliphatic heterocycles. The minimum atomic E-state index is -1.18. The number of aliphatic carboxylic acids is 1. The molecule has 0 spiro atoms. The van der Waals surface area contributed by atoms with Crippen molar-refractivity contribution in [3.63, 3.8) is 0 Å². The standard InChI is InChI=1S/C12H14N2O5/c1-7-9(4-3-5-11(7)14(18)19)6-10(12(16)17)13-8(2)15/h3-5,10H,6H2,1-2H3,(H,13,15)(H,16,17). The van der Waals surface area contributed by atoms with Gasteiger partial charge in [0, 0.05) is 25.0 Å². The Balaban J connectivity index is 3.03. The third-order valence-corrected chi connectivity index (χ3v) is 2.71. The molecule has 19 heavy (non-hydrogen) atoms. The van der Waals surface area contributed by atoms with Crippen LogP contribution in [0, 0.1) is 17.0 Å². The van der Waals surface area contributed by atoms with Gasteiger partial charge in [-0.2, -0.15) is 0 Å². The minimum absolute atomic E-state index is 0.00241. The topological polar surface area (TPSA) is 110 Å². The Labute approximate surface area is 109 Å². The predicted octanol–water partition coefficient (Wildman–Crippen LogP) is 1.04. The number of nitrogens with one attached hydrogen (secondary N) is 1. The summed E-state index contributed by atoms with van der Waals surface area (Å²) in [5.41, 5.74) is 0.865. The van der Waals surface area contributed by atoms with Gasteiger partial charge in [0.1, 0.15) is 6.04 Å². The molecule has 0 aliphatic carbocycles. The van der Waals surface area contributed by atoms with Crippen molar-refractivity contribution in [2.45, 2.75) is 26.3 Å². The fourth-order valence-electron chi connectivity index (χ4n) is 1.75. The molecule has 0 radical (unpaired) electrons. The van der Waals surface area contributed by atoms with E-state index in [2.05, 4.69) is 5.32 Å². The van der Waals surface area contributed by atoms with Crippen LogP contribution in [0.5, 0.6) is 0 Å². The van der Waals surface area contributed by atoms with Crippen LogP contribution < -0.4 is 5.32 Å². The normalized spacial score (nSPS) is 11.7. The number of hydrogen-bond donors (Lipinski definition) is 2. The first kappa shape index (κ1) is 14.6. The molecule has 102 valence electrons. The quantitative estimate of drug-likeness (QED) is 0.611. The summed E-state index contributed by atoms with van der Waals surface area (Å²) in [7, 11) is 0. The SMILES string of the molecule is CC(=O)NC(Cc1cccc([N+](=O)[O-])c1C)C(=O)O. The molecule has 2 N–H and O–H groups in total. The average molecular weight is 266 g/mol. The van der Waals surface area contributed by atoms with Crippen LogP contribution in [0.1, 0.15) is 18.1 Å². The van der Waals surface area contributed by atoms with Gasteiger partial charge in [-0.15, -0.1) is 0 Å². The molecule has 1 atom stereocenters. The van der Waals surface area contributed by atoms with Gasteiger partial charge in [-0.3, -0.25) is 14.9 Å². The predicted molar refractivity (Wildman–Crippen MR) is 66.8 cm³/mol. The summed E-state index contributed by atoms with van der Waals surface area (Å²) < 4.78 is 0. The Hall–Kier alpha value is -2.44. The van der Waals surface area contributed by atoms with Crippen molar-refractivity contribution in [3.05, 3.63) is 39.4 Å². The van der Waals surface area contributed by atoms with Crippen molar-refractivity contribution in [3.8, 4) is 0 Å². The van der Waals surface area contributed by atoms with Crippen LogP contribution in [-0.2, 0) is 16.0 Å². The fraction of sp³-hybridized carbons (Fsp3) is 0.333. The van der Waals surface area contributed by atoms with E-state index < -0.39 is 22.8 Å². The smallest absolute Gasteiger partial charge is 0.326 e. The fourth-order valence-corrected chi connectivity index (χ4v) is 1.75. The van der Waals surface area contributed by atoms with Gasteiger partial charge >= 0.3 is 5.97 Å². The third-order valence-electron chi connectivity index (χ3n) is 2.71. The van der Waals surface area contributed by atoms with E-state index in [4.69, 9.17) is 5.11 Å². The molecular weight excluding hydrogens is 252 g/mol. The zero-order valence-electron chi connectivity index (χ0n) is 10.5. The number of carboxylic acids is 1. The summed E-state index contributed by atoms with van der Waals surface area (Å²) in [6.45, 7) is 2.77. The average Bonchev–Trinajstić information content (AvgIpc) is 2.29. The van der Waals surface area contributed by atoms with Gasteiger partial charge in [-0.05, 0) is 12.5 Å². The number of hydrogen-bond acceptors (Lipinski definition) is 4. The van der Waals surface area contributed by atoms with E-state index in [1.54, 1.807) is 13.0 Å². The largest absolute Gasteiger partial charge is 0.480 e. The number of nitro benzene ring substituents is 1. The highest BCUT2D eigenvalue weighted by atomic mass is 16.6. The summed E-state index contributed by atoms with van der Waals surface area (Å²) in [5.74, 6) is -1.64. The molecule has 0 saturated carbocycles. The Morgan fingerprint density at radius 3 is 2.58 bits per heavy atom. The highest BCUT2D eigenvalue weighted by Gasteiger charge is 2.22. The van der Waals surface area contributed by atoms with Crippen molar-refractivity contribution >= 4 is 17.6 Å². The highest BCUT2D eigenvalue weighted by molar-refractivity contribution is 5.82. The molecular formula is C12H14N2O5. The number of carbonyl (C=O) groups is 2. The zero-order chi connectivity index (χ0) is 14.6. The van der Waals surface area contributed by atoms with Crippen molar-refractivity contribution in [1.82, 2.24) is 5.32 Å². The molecule has 0 heterocycles. The lowest BCUT2D eigenvalue weighted by atomic mass is 9.99. The molecule has 7 nitrogen and oxygen atoms in total. The number of amides is 1. The van der Waals surface area contributed by atoms with Crippen molar-refractivity contribution in [1.29, 1.82) is 0 Å². The Morgan fingerprint density at radius 1 is 1.47 bits per heavy atom. The van der Waals surface area contributed by atoms with Gasteiger partial charge in [0.05, 0.1) is 4.92 Å². The Kier molecular flexibility index (Phi) is 4.57. The molecule has 0 aromatic heterocycles. The van der Waals surface area contributed by atoms with Crippen LogP contribution in [0.4, 0.5) is 5.69 Å². The van der Waals surface area contributed by atoms with Crippen molar-refractivity contribution in [2.75, 3.05) is 0 Å². The van der Waals surface area contributed by atoms with Crippen molar-refractivity contribution in [2.24, 2.45) is 0 Å². The first-order valence-corrected chi connectivity index (χ1v) is 5.55. The molecule has 0 fully saturated rings. The molecule has 1 unspecified atom stereocenters. The van der Waals surface area contributed by atoms with Crippen LogP contribution >= 0.6 is 0 Å². The molecule has 1 amide bonds. The maximum atomic E-state index is 11.0. The monoisotopic (exact) mass is 266 g/mol. The molecule has 7 heteroatoms. The van der Waals surface area contributed by atoms with Gasteiger partial charge in [0.15, 0.2) is 0 Å². The molecule has 1 rings (SSSR count). The maximum absolute atomic E-state index is 11.0. The first-order chi connectivity index (χ1) is 8.82. The van der Waals surface area contributed by atoms with E-state index in [1.165, 1.54) is 19.1 Å². The van der Waals surface area contributed by atoms with Gasteiger partial charge < -0.3 is 10.4 Å². The second kappa shape index (κ2) is 5.94. The van der Waals surface area contributed by atoms with E-state index in [9.17, 15) is 19.7 Å². The van der Waals surface area contributed by atoms with Crippen LogP contribution in [0.2, 0.25) is 0 Å². The van der Waals surface area contributed by atoms with Crippen LogP contribution in [0.3, 0.4) is 0 Å². The van der Waals surface area contributed by atoms with E-state index in [0.717, 1.165) is 0 Å².